The van der Waals surface area contributed by atoms with E-state index in [0.717, 1.165) is 16.6 Å². The number of diazo groups is 1. The van der Waals surface area contributed by atoms with Gasteiger partial charge in [0.25, 0.3) is 0 Å². The topological polar surface area (TPSA) is 67.1 Å². The molecule has 0 fully saturated rings. The first-order valence-electron chi connectivity index (χ1n) is 5.80. The Morgan fingerprint density at radius 1 is 0.895 bits per heavy atom. The Bertz CT molecular complexity index is 697. The fraction of sp³-hybridized carbons (Fsp3) is 0. The van der Waals surface area contributed by atoms with Crippen LogP contribution in [0.2, 0.25) is 0 Å². The molecule has 0 saturated carbocycles. The number of benzene rings is 2. The van der Waals surface area contributed by atoms with Crippen molar-refractivity contribution >= 4 is 22.3 Å². The zero-order chi connectivity index (χ0) is 13.5. The monoisotopic (exact) mass is 249 g/mol. The number of hydrogen-bond donors (Lipinski definition) is 1. The maximum Gasteiger partial charge on any atom is 0.385 e. The van der Waals surface area contributed by atoms with Crippen molar-refractivity contribution in [3.63, 3.8) is 0 Å². The van der Waals surface area contributed by atoms with Gasteiger partial charge in [-0.2, -0.15) is 0 Å². The molecule has 3 aromatic rings. The minimum absolute atomic E-state index is 0.590. The Labute approximate surface area is 111 Å². The first-order valence-corrected chi connectivity index (χ1v) is 5.80. The van der Waals surface area contributed by atoms with Crippen LogP contribution in [-0.4, -0.2) is 4.98 Å². The van der Waals surface area contributed by atoms with E-state index >= 15 is 0 Å². The van der Waals surface area contributed by atoms with Crippen LogP contribution in [0.3, 0.4) is 0 Å². The molecular weight excluding hydrogens is 236 g/mol. The summed E-state index contributed by atoms with van der Waals surface area (Å²) >= 11 is 0. The van der Waals surface area contributed by atoms with E-state index in [4.69, 9.17) is 11.1 Å². The molecule has 1 heterocycles. The molecule has 0 amide bonds. The number of para-hydroxylation sites is 1. The maximum absolute atomic E-state index is 8.16. The van der Waals surface area contributed by atoms with Gasteiger partial charge in [0.05, 0.1) is 11.2 Å². The number of aromatic nitrogens is 1. The summed E-state index contributed by atoms with van der Waals surface area (Å²) in [6.07, 6.45) is 1.75. The van der Waals surface area contributed by atoms with Crippen molar-refractivity contribution in [1.29, 1.82) is 5.39 Å². The van der Waals surface area contributed by atoms with E-state index in [0.29, 0.717) is 5.69 Å². The highest BCUT2D eigenvalue weighted by atomic mass is 14.8. The molecule has 0 radical (unpaired) electrons. The molecule has 0 atom stereocenters. The fourth-order valence-corrected chi connectivity index (χ4v) is 1.62. The summed E-state index contributed by atoms with van der Waals surface area (Å²) in [4.78, 5) is 7.13. The highest BCUT2D eigenvalue weighted by Crippen LogP contribution is 2.16. The zero-order valence-electron chi connectivity index (χ0n) is 10.3. The van der Waals surface area contributed by atoms with Gasteiger partial charge in [0.15, 0.2) is 4.98 Å². The number of rotatable bonds is 0. The van der Waals surface area contributed by atoms with Crippen LogP contribution in [0.1, 0.15) is 0 Å². The molecule has 0 unspecified atom stereocenters. The number of fused-ring (bicyclic) bond motifs is 1. The van der Waals surface area contributed by atoms with Crippen LogP contribution in [-0.2, 0) is 0 Å². The molecule has 2 aromatic carbocycles. The van der Waals surface area contributed by atoms with E-state index in [1.165, 1.54) is 0 Å². The van der Waals surface area contributed by atoms with Gasteiger partial charge in [-0.3, -0.25) is 4.98 Å². The van der Waals surface area contributed by atoms with Crippen molar-refractivity contribution in [2.75, 3.05) is 5.73 Å². The lowest BCUT2D eigenvalue weighted by Gasteiger charge is -1.97. The second-order valence-electron chi connectivity index (χ2n) is 3.86. The Hall–Kier alpha value is -2.93. The minimum atomic E-state index is 0.590. The highest BCUT2D eigenvalue weighted by molar-refractivity contribution is 5.88. The lowest BCUT2D eigenvalue weighted by Crippen LogP contribution is -1.87. The minimum Gasteiger partial charge on any atom is -0.397 e. The van der Waals surface area contributed by atoms with Crippen LogP contribution < -0.4 is 5.73 Å². The van der Waals surface area contributed by atoms with Crippen molar-refractivity contribution in [3.8, 4) is 0 Å². The number of nitrogens with zero attached hydrogens (tertiary/aromatic N) is 3. The van der Waals surface area contributed by atoms with Crippen LogP contribution in [0.5, 0.6) is 0 Å². The lowest BCUT2D eigenvalue weighted by molar-refractivity contribution is 1.41. The van der Waals surface area contributed by atoms with Gasteiger partial charge in [-0.25, -0.2) is 0 Å². The molecule has 0 aliphatic heterocycles. The Balaban J connectivity index is 0.000000148. The molecule has 0 aliphatic rings. The average Bonchev–Trinajstić information content (AvgIpc) is 2.49. The van der Waals surface area contributed by atoms with Crippen molar-refractivity contribution in [2.45, 2.75) is 0 Å². The Morgan fingerprint density at radius 2 is 1.63 bits per heavy atom. The predicted octanol–water partition coefficient (Wildman–Crippen LogP) is 3.99. The summed E-state index contributed by atoms with van der Waals surface area (Å²) < 4.78 is 0. The van der Waals surface area contributed by atoms with Crippen LogP contribution in [0, 0.1) is 5.39 Å². The molecule has 92 valence electrons. The number of nitrogens with two attached hydrogens (primary N) is 1. The van der Waals surface area contributed by atoms with E-state index in [-0.39, 0.29) is 0 Å². The van der Waals surface area contributed by atoms with Crippen LogP contribution in [0.15, 0.2) is 66.9 Å². The van der Waals surface area contributed by atoms with Crippen molar-refractivity contribution in [1.82, 2.24) is 4.98 Å². The molecule has 3 rings (SSSR count). The fourth-order valence-electron chi connectivity index (χ4n) is 1.62. The molecule has 0 saturated heterocycles. The molecule has 2 N–H and O–H groups in total. The Kier molecular flexibility index (Phi) is 4.04. The van der Waals surface area contributed by atoms with Gasteiger partial charge in [0.2, 0.25) is 5.39 Å². The highest BCUT2D eigenvalue weighted by Gasteiger charge is 1.96. The van der Waals surface area contributed by atoms with E-state index in [2.05, 4.69) is 9.96 Å². The number of pyridine rings is 1. The molecule has 4 heteroatoms. The van der Waals surface area contributed by atoms with Gasteiger partial charge in [-0.15, -0.1) is 0 Å². The lowest BCUT2D eigenvalue weighted by atomic mass is 10.2. The van der Waals surface area contributed by atoms with Crippen LogP contribution >= 0.6 is 0 Å². The van der Waals surface area contributed by atoms with E-state index in [1.807, 2.05) is 48.5 Å². The van der Waals surface area contributed by atoms with Crippen LogP contribution in [0.4, 0.5) is 11.4 Å². The van der Waals surface area contributed by atoms with Gasteiger partial charge in [0.1, 0.15) is 0 Å². The van der Waals surface area contributed by atoms with Gasteiger partial charge >= 0.3 is 5.69 Å². The van der Waals surface area contributed by atoms with E-state index < -0.39 is 0 Å². The molecule has 0 spiro atoms. The number of anilines is 1. The predicted molar refractivity (Wildman–Crippen MR) is 77.3 cm³/mol. The first kappa shape index (κ1) is 12.5. The third-order valence-corrected chi connectivity index (χ3v) is 2.54. The van der Waals surface area contributed by atoms with Crippen molar-refractivity contribution < 1.29 is 0 Å². The van der Waals surface area contributed by atoms with Gasteiger partial charge in [-0.05, 0) is 12.1 Å². The molecule has 4 nitrogen and oxygen atoms in total. The summed E-state index contributed by atoms with van der Waals surface area (Å²) in [6.45, 7) is 0. The Morgan fingerprint density at radius 3 is 2.26 bits per heavy atom. The molecule has 0 bridgehead atoms. The van der Waals surface area contributed by atoms with Gasteiger partial charge < -0.3 is 5.73 Å². The second kappa shape index (κ2) is 6.12. The SMILES string of the molecule is N#[N+]c1ccccc1.Nc1cccc2cccnc12. The normalized spacial score (nSPS) is 9.21. The first-order chi connectivity index (χ1) is 9.31. The zero-order valence-corrected chi connectivity index (χ0v) is 10.3. The smallest absolute Gasteiger partial charge is 0.385 e. The summed E-state index contributed by atoms with van der Waals surface area (Å²) in [7, 11) is 0. The average molecular weight is 249 g/mol. The standard InChI is InChI=1S/C9H8N2.C6H5N2/c10-8-5-1-3-7-4-2-6-11-9(7)8;7-8-6-4-2-1-3-5-6/h1-6H,10H2;1-5H/q;+1. The summed E-state index contributed by atoms with van der Waals surface area (Å²) in [5.41, 5.74) is 7.91. The molecular formula is C15H13N4+. The molecule has 0 aliphatic carbocycles. The number of nitrogen functional groups attached to an aromatic ring is 1. The van der Waals surface area contributed by atoms with Gasteiger partial charge in [0, 0.05) is 23.7 Å². The van der Waals surface area contributed by atoms with Crippen molar-refractivity contribution in [2.24, 2.45) is 0 Å². The summed E-state index contributed by atoms with van der Waals surface area (Å²) in [5.74, 6) is 0. The third-order valence-electron chi connectivity index (χ3n) is 2.54. The summed E-state index contributed by atoms with van der Waals surface area (Å²) in [6, 6.07) is 18.6. The quantitative estimate of drug-likeness (QED) is 0.484. The largest absolute Gasteiger partial charge is 0.397 e. The molecule has 1 aromatic heterocycles. The maximum atomic E-state index is 8.16. The van der Waals surface area contributed by atoms with Gasteiger partial charge in [-0.1, -0.05) is 36.4 Å². The second-order valence-corrected chi connectivity index (χ2v) is 3.86. The van der Waals surface area contributed by atoms with E-state index in [1.54, 1.807) is 18.3 Å². The summed E-state index contributed by atoms with van der Waals surface area (Å²) in [5, 5.41) is 9.25. The van der Waals surface area contributed by atoms with Crippen molar-refractivity contribution in [3.05, 3.63) is 71.8 Å². The third kappa shape index (κ3) is 3.27. The van der Waals surface area contributed by atoms with E-state index in [9.17, 15) is 0 Å². The molecule has 19 heavy (non-hydrogen) atoms. The number of hydrogen-bond acceptors (Lipinski definition) is 3. The van der Waals surface area contributed by atoms with Crippen LogP contribution in [0.25, 0.3) is 15.9 Å².